The molecule has 0 amide bonds. The Hall–Kier alpha value is -5.31. The van der Waals surface area contributed by atoms with Crippen molar-refractivity contribution in [1.82, 2.24) is 0 Å². The molecule has 0 spiro atoms. The fourth-order valence-electron chi connectivity index (χ4n) is 4.45. The fourth-order valence-corrected chi connectivity index (χ4v) is 4.45. The summed E-state index contributed by atoms with van der Waals surface area (Å²) in [6.07, 6.45) is -2.42. The minimum absolute atomic E-state index is 0.314. The van der Waals surface area contributed by atoms with Crippen LogP contribution < -0.4 is 14.2 Å². The maximum Gasteiger partial charge on any atom is 0.514 e. The van der Waals surface area contributed by atoms with E-state index in [1.54, 1.807) is 117 Å². The Labute approximate surface area is 281 Å². The van der Waals surface area contributed by atoms with Gasteiger partial charge in [-0.05, 0) is 150 Å². The first-order valence-electron chi connectivity index (χ1n) is 15.5. The monoisotopic (exact) mass is 654 g/mol. The summed E-state index contributed by atoms with van der Waals surface area (Å²) in [6.45, 7) is 15.9. The molecule has 4 aromatic carbocycles. The molecule has 0 aliphatic heterocycles. The van der Waals surface area contributed by atoms with Crippen molar-refractivity contribution in [2.45, 2.75) is 79.1 Å². The van der Waals surface area contributed by atoms with Gasteiger partial charge in [-0.2, -0.15) is 0 Å². The number of carbonyl (C=O) groups is 3. The molecule has 0 unspecified atom stereocenters. The minimum atomic E-state index is -0.808. The highest BCUT2D eigenvalue weighted by Gasteiger charge is 2.21. The highest BCUT2D eigenvalue weighted by Crippen LogP contribution is 2.36. The largest absolute Gasteiger partial charge is 0.514 e. The predicted molar refractivity (Wildman–Crippen MR) is 183 cm³/mol. The summed E-state index contributed by atoms with van der Waals surface area (Å²) in [5.41, 5.74) is 2.58. The first-order chi connectivity index (χ1) is 22.3. The Balaban J connectivity index is 1.76. The van der Waals surface area contributed by atoms with Crippen molar-refractivity contribution in [2.24, 2.45) is 0 Å². The Bertz CT molecular complexity index is 1570. The maximum atomic E-state index is 12.4. The predicted octanol–water partition coefficient (Wildman–Crippen LogP) is 10.6. The van der Waals surface area contributed by atoms with E-state index < -0.39 is 35.3 Å². The molecule has 4 aromatic rings. The summed E-state index contributed by atoms with van der Waals surface area (Å²) in [5.74, 6) is 0.942. The van der Waals surface area contributed by atoms with E-state index in [0.717, 1.165) is 33.4 Å². The zero-order valence-corrected chi connectivity index (χ0v) is 28.8. The molecule has 4 rings (SSSR count). The fraction of sp³-hybridized carbons (Fsp3) is 0.308. The molecule has 0 N–H and O–H groups in total. The third-order valence-corrected chi connectivity index (χ3v) is 6.21. The van der Waals surface area contributed by atoms with Gasteiger partial charge in [0.1, 0.15) is 34.1 Å². The number of carbonyl (C=O) groups excluding carboxylic acids is 3. The van der Waals surface area contributed by atoms with Crippen LogP contribution in [0.15, 0.2) is 91.0 Å². The highest BCUT2D eigenvalue weighted by atomic mass is 16.7. The number of hydrogen-bond acceptors (Lipinski definition) is 9. The summed E-state index contributed by atoms with van der Waals surface area (Å²) < 4.78 is 32.4. The van der Waals surface area contributed by atoms with Crippen molar-refractivity contribution in [1.29, 1.82) is 0 Å². The third kappa shape index (κ3) is 11.2. The third-order valence-electron chi connectivity index (χ3n) is 6.21. The van der Waals surface area contributed by atoms with Gasteiger partial charge in [0, 0.05) is 0 Å². The van der Waals surface area contributed by atoms with Crippen LogP contribution >= 0.6 is 0 Å². The molecular formula is C39H42O9. The van der Waals surface area contributed by atoms with Gasteiger partial charge in [-0.3, -0.25) is 0 Å². The topological polar surface area (TPSA) is 107 Å². The van der Waals surface area contributed by atoms with Crippen LogP contribution in [0.5, 0.6) is 17.2 Å². The Morgan fingerprint density at radius 2 is 0.625 bits per heavy atom. The van der Waals surface area contributed by atoms with Crippen LogP contribution in [0.2, 0.25) is 0 Å². The van der Waals surface area contributed by atoms with Crippen LogP contribution in [0, 0.1) is 0 Å². The molecule has 0 aliphatic carbocycles. The molecule has 0 aliphatic rings. The van der Waals surface area contributed by atoms with Crippen molar-refractivity contribution in [3.05, 3.63) is 91.0 Å². The Morgan fingerprint density at radius 1 is 0.375 bits per heavy atom. The summed E-state index contributed by atoms with van der Waals surface area (Å²) in [6, 6.07) is 27.2. The van der Waals surface area contributed by atoms with E-state index >= 15 is 0 Å². The lowest BCUT2D eigenvalue weighted by Crippen LogP contribution is -2.25. The zero-order chi connectivity index (χ0) is 35.3. The number of benzene rings is 4. The Kier molecular flexibility index (Phi) is 10.5. The van der Waals surface area contributed by atoms with Crippen molar-refractivity contribution >= 4 is 18.5 Å². The van der Waals surface area contributed by atoms with E-state index in [2.05, 4.69) is 0 Å². The summed E-state index contributed by atoms with van der Waals surface area (Å²) >= 11 is 0. The van der Waals surface area contributed by atoms with Crippen LogP contribution in [-0.4, -0.2) is 35.3 Å². The lowest BCUT2D eigenvalue weighted by atomic mass is 9.93. The van der Waals surface area contributed by atoms with Crippen LogP contribution in [0.1, 0.15) is 62.3 Å². The first kappa shape index (κ1) is 35.5. The summed E-state index contributed by atoms with van der Waals surface area (Å²) in [4.78, 5) is 37.2. The van der Waals surface area contributed by atoms with Gasteiger partial charge in [0.15, 0.2) is 0 Å². The molecule has 0 atom stereocenters. The number of rotatable bonds is 6. The number of hydrogen-bond donors (Lipinski definition) is 0. The van der Waals surface area contributed by atoms with Crippen LogP contribution in [0.25, 0.3) is 33.4 Å². The molecular weight excluding hydrogens is 612 g/mol. The molecule has 0 radical (unpaired) electrons. The van der Waals surface area contributed by atoms with Crippen molar-refractivity contribution in [3.8, 4) is 50.6 Å². The van der Waals surface area contributed by atoms with Crippen molar-refractivity contribution in [3.63, 3.8) is 0 Å². The van der Waals surface area contributed by atoms with E-state index in [9.17, 15) is 14.4 Å². The SMILES string of the molecule is CC(C)(C)OC(=O)Oc1cccc(-c2cc(-c3cccc(OC(=O)OC(C)(C)C)c3)cc(-c3cccc(OC(=O)OC(C)(C)C)c3)c2)c1. The van der Waals surface area contributed by atoms with Gasteiger partial charge >= 0.3 is 18.5 Å². The molecule has 0 bridgehead atoms. The molecule has 0 saturated carbocycles. The lowest BCUT2D eigenvalue weighted by molar-refractivity contribution is 0.0193. The molecule has 9 heteroatoms. The quantitative estimate of drug-likeness (QED) is 0.114. The second-order valence-electron chi connectivity index (χ2n) is 14.1. The van der Waals surface area contributed by atoms with E-state index in [1.807, 2.05) is 36.4 Å². The van der Waals surface area contributed by atoms with Crippen LogP contribution in [-0.2, 0) is 14.2 Å². The van der Waals surface area contributed by atoms with Gasteiger partial charge < -0.3 is 28.4 Å². The van der Waals surface area contributed by atoms with Gasteiger partial charge in [0.05, 0.1) is 0 Å². The molecule has 252 valence electrons. The van der Waals surface area contributed by atoms with E-state index in [1.165, 1.54) is 0 Å². The summed E-state index contributed by atoms with van der Waals surface area (Å²) in [5, 5.41) is 0. The summed E-state index contributed by atoms with van der Waals surface area (Å²) in [7, 11) is 0. The second-order valence-corrected chi connectivity index (χ2v) is 14.1. The molecule has 0 saturated heterocycles. The smallest absolute Gasteiger partial charge is 0.428 e. The molecule has 48 heavy (non-hydrogen) atoms. The van der Waals surface area contributed by atoms with Gasteiger partial charge in [-0.15, -0.1) is 0 Å². The van der Waals surface area contributed by atoms with Crippen molar-refractivity contribution in [2.75, 3.05) is 0 Å². The number of ether oxygens (including phenoxy) is 6. The molecule has 9 nitrogen and oxygen atoms in total. The van der Waals surface area contributed by atoms with Gasteiger partial charge in [-0.25, -0.2) is 14.4 Å². The van der Waals surface area contributed by atoms with Gasteiger partial charge in [0.25, 0.3) is 0 Å². The highest BCUT2D eigenvalue weighted by molar-refractivity contribution is 5.83. The average molecular weight is 655 g/mol. The van der Waals surface area contributed by atoms with E-state index in [4.69, 9.17) is 28.4 Å². The Morgan fingerprint density at radius 3 is 0.854 bits per heavy atom. The first-order valence-corrected chi connectivity index (χ1v) is 15.5. The lowest BCUT2D eigenvalue weighted by Gasteiger charge is -2.19. The maximum absolute atomic E-state index is 12.4. The van der Waals surface area contributed by atoms with E-state index in [0.29, 0.717) is 17.2 Å². The van der Waals surface area contributed by atoms with E-state index in [-0.39, 0.29) is 0 Å². The van der Waals surface area contributed by atoms with Crippen molar-refractivity contribution < 1.29 is 42.8 Å². The zero-order valence-electron chi connectivity index (χ0n) is 28.8. The van der Waals surface area contributed by atoms with Gasteiger partial charge in [0.2, 0.25) is 0 Å². The second kappa shape index (κ2) is 14.2. The molecule has 0 fully saturated rings. The average Bonchev–Trinajstić information content (AvgIpc) is 2.94. The molecule has 0 heterocycles. The normalized spacial score (nSPS) is 11.7. The standard InChI is InChI=1S/C39H42O9/c1-37(2,3)46-34(40)43-31-16-10-13-25(22-31)28-19-29(26-14-11-17-32(23-26)44-35(41)47-38(4,5)6)21-30(20-28)27-15-12-18-33(24-27)45-36(42)48-39(7,8)9/h10-24H,1-9H3. The van der Waals surface area contributed by atoms with Crippen LogP contribution in [0.4, 0.5) is 14.4 Å². The minimum Gasteiger partial charge on any atom is -0.428 e. The van der Waals surface area contributed by atoms with Crippen LogP contribution in [0.3, 0.4) is 0 Å². The molecule has 0 aromatic heterocycles. The van der Waals surface area contributed by atoms with Gasteiger partial charge in [-0.1, -0.05) is 36.4 Å².